The lowest BCUT2D eigenvalue weighted by Gasteiger charge is -2.28. The van der Waals surface area contributed by atoms with Gasteiger partial charge in [-0.15, -0.1) is 15.3 Å². The van der Waals surface area contributed by atoms with Gasteiger partial charge >= 0.3 is 17.9 Å². The van der Waals surface area contributed by atoms with Gasteiger partial charge in [0.1, 0.15) is 0 Å². The van der Waals surface area contributed by atoms with Crippen molar-refractivity contribution >= 4 is 17.9 Å². The number of methoxy groups -OCH3 is 3. The summed E-state index contributed by atoms with van der Waals surface area (Å²) in [5.74, 6) is -1.65. The van der Waals surface area contributed by atoms with Crippen molar-refractivity contribution in [3.05, 3.63) is 69.1 Å². The smallest absolute Gasteiger partial charge is 0.360 e. The number of benzene rings is 1. The van der Waals surface area contributed by atoms with E-state index in [0.717, 1.165) is 113 Å². The summed E-state index contributed by atoms with van der Waals surface area (Å²) in [5.41, 5.74) is 7.40. The van der Waals surface area contributed by atoms with Crippen LogP contribution in [0.1, 0.15) is 163 Å². The molecule has 0 bridgehead atoms. The highest BCUT2D eigenvalue weighted by Gasteiger charge is 2.26. The average Bonchev–Trinajstić information content (AvgIpc) is 3.97. The summed E-state index contributed by atoms with van der Waals surface area (Å²) < 4.78 is 19.9. The number of rotatable bonds is 24. The number of aromatic nitrogens is 9. The Kier molecular flexibility index (Phi) is 16.8. The van der Waals surface area contributed by atoms with Crippen LogP contribution in [0.4, 0.5) is 0 Å². The first kappa shape index (κ1) is 41.8. The first-order chi connectivity index (χ1) is 26.3. The molecule has 3 aromatic heterocycles. The number of unbranched alkanes of at least 4 members (excludes halogenated alkanes) is 9. The first-order valence-corrected chi connectivity index (χ1v) is 19.4. The summed E-state index contributed by atoms with van der Waals surface area (Å²) in [4.78, 5) is 37.3. The monoisotopic (exact) mass is 747 g/mol. The number of carbonyl (C=O) groups excluding carboxylic acids is 3. The van der Waals surface area contributed by atoms with Crippen molar-refractivity contribution in [3.63, 3.8) is 0 Å². The summed E-state index contributed by atoms with van der Waals surface area (Å²) in [7, 11) is 3.98. The third-order valence-electron chi connectivity index (χ3n) is 9.79. The molecule has 0 spiro atoms. The van der Waals surface area contributed by atoms with Crippen molar-refractivity contribution in [2.45, 2.75) is 137 Å². The molecule has 0 radical (unpaired) electrons. The van der Waals surface area contributed by atoms with E-state index in [-0.39, 0.29) is 17.1 Å². The Labute approximate surface area is 318 Å². The third kappa shape index (κ3) is 11.3. The molecule has 0 aliphatic heterocycles. The van der Waals surface area contributed by atoms with Crippen molar-refractivity contribution in [2.24, 2.45) is 0 Å². The highest BCUT2D eigenvalue weighted by Crippen LogP contribution is 2.35. The molecule has 0 saturated carbocycles. The van der Waals surface area contributed by atoms with Crippen molar-refractivity contribution in [2.75, 3.05) is 21.3 Å². The van der Waals surface area contributed by atoms with Gasteiger partial charge in [0.15, 0.2) is 17.1 Å². The van der Waals surface area contributed by atoms with E-state index >= 15 is 0 Å². The van der Waals surface area contributed by atoms with Crippen LogP contribution < -0.4 is 0 Å². The van der Waals surface area contributed by atoms with E-state index in [4.69, 9.17) is 14.2 Å². The topological polar surface area (TPSA) is 171 Å². The number of ether oxygens (including phenoxy) is 3. The fourth-order valence-corrected chi connectivity index (χ4v) is 6.96. The minimum absolute atomic E-state index is 0.135. The maximum atomic E-state index is 12.4. The maximum Gasteiger partial charge on any atom is 0.360 e. The Morgan fingerprint density at radius 3 is 0.963 bits per heavy atom. The summed E-state index contributed by atoms with van der Waals surface area (Å²) in [5, 5.41) is 25.5. The zero-order valence-electron chi connectivity index (χ0n) is 32.9. The van der Waals surface area contributed by atoms with E-state index in [1.807, 2.05) is 0 Å². The molecular formula is C39H57N9O6. The largest absolute Gasteiger partial charge is 0.464 e. The molecule has 0 unspecified atom stereocenters. The number of esters is 3. The van der Waals surface area contributed by atoms with Gasteiger partial charge in [0.2, 0.25) is 0 Å². The van der Waals surface area contributed by atoms with E-state index in [0.29, 0.717) is 19.6 Å². The zero-order chi connectivity index (χ0) is 38.9. The van der Waals surface area contributed by atoms with Gasteiger partial charge in [0.25, 0.3) is 0 Å². The predicted molar refractivity (Wildman–Crippen MR) is 201 cm³/mol. The van der Waals surface area contributed by atoms with Crippen LogP contribution in [0.15, 0.2) is 18.6 Å². The quantitative estimate of drug-likeness (QED) is 0.0444. The number of carbonyl (C=O) groups is 3. The van der Waals surface area contributed by atoms with Crippen LogP contribution in [-0.4, -0.2) is 84.2 Å². The Hall–Kier alpha value is -4.95. The molecule has 0 saturated heterocycles. The summed E-state index contributed by atoms with van der Waals surface area (Å²) in [6, 6.07) is 0. The summed E-state index contributed by atoms with van der Waals surface area (Å²) in [6.45, 7) is 7.75. The molecule has 0 atom stereocenters. The molecule has 15 nitrogen and oxygen atoms in total. The second-order valence-corrected chi connectivity index (χ2v) is 13.7. The molecule has 1 aromatic carbocycles. The molecule has 0 fully saturated rings. The average molecular weight is 748 g/mol. The lowest BCUT2D eigenvalue weighted by Crippen LogP contribution is -2.20. The SMILES string of the molecule is CCCCCCc1c(Cn2cc(C(=O)OC)nn2)c(CCCCCC)c(Cn2cc(C(=O)OC)nn2)c(CCCCCC)c1Cn1cc(C(=O)OC)nn1. The normalized spacial score (nSPS) is 11.2. The number of hydrogen-bond donors (Lipinski definition) is 0. The van der Waals surface area contributed by atoms with Crippen LogP contribution >= 0.6 is 0 Å². The molecule has 54 heavy (non-hydrogen) atoms. The van der Waals surface area contributed by atoms with Crippen LogP contribution in [-0.2, 0) is 53.1 Å². The van der Waals surface area contributed by atoms with Crippen molar-refractivity contribution in [1.29, 1.82) is 0 Å². The zero-order valence-corrected chi connectivity index (χ0v) is 32.9. The first-order valence-electron chi connectivity index (χ1n) is 19.4. The van der Waals surface area contributed by atoms with Gasteiger partial charge in [-0.25, -0.2) is 28.4 Å². The fourth-order valence-electron chi connectivity index (χ4n) is 6.96. The lowest BCUT2D eigenvalue weighted by atomic mass is 9.80. The molecular weight excluding hydrogens is 690 g/mol. The molecule has 0 aliphatic rings. The van der Waals surface area contributed by atoms with Crippen molar-refractivity contribution in [3.8, 4) is 0 Å². The molecule has 4 rings (SSSR count). The molecule has 4 aromatic rings. The van der Waals surface area contributed by atoms with Gasteiger partial charge in [-0.2, -0.15) is 0 Å². The van der Waals surface area contributed by atoms with Crippen molar-refractivity contribution in [1.82, 2.24) is 45.0 Å². The van der Waals surface area contributed by atoms with Crippen LogP contribution in [0.3, 0.4) is 0 Å². The fraction of sp³-hybridized carbons (Fsp3) is 0.615. The van der Waals surface area contributed by atoms with Crippen LogP contribution in [0.25, 0.3) is 0 Å². The molecule has 0 amide bonds. The van der Waals surface area contributed by atoms with Gasteiger partial charge in [0, 0.05) is 0 Å². The van der Waals surface area contributed by atoms with Gasteiger partial charge in [-0.1, -0.05) is 94.2 Å². The second-order valence-electron chi connectivity index (χ2n) is 13.7. The lowest BCUT2D eigenvalue weighted by molar-refractivity contribution is 0.0585. The Balaban J connectivity index is 2.03. The minimum Gasteiger partial charge on any atom is -0.464 e. The molecule has 294 valence electrons. The predicted octanol–water partition coefficient (Wildman–Crippen LogP) is 6.33. The van der Waals surface area contributed by atoms with Gasteiger partial charge in [0.05, 0.1) is 59.6 Å². The third-order valence-corrected chi connectivity index (χ3v) is 9.79. The number of hydrogen-bond acceptors (Lipinski definition) is 12. The van der Waals surface area contributed by atoms with Crippen LogP contribution in [0, 0.1) is 0 Å². The van der Waals surface area contributed by atoms with E-state index in [1.165, 1.54) is 38.0 Å². The Bertz CT molecular complexity index is 1580. The molecule has 0 N–H and O–H groups in total. The molecule has 0 aliphatic carbocycles. The van der Waals surface area contributed by atoms with Crippen LogP contribution in [0.2, 0.25) is 0 Å². The van der Waals surface area contributed by atoms with Gasteiger partial charge in [-0.3, -0.25) is 0 Å². The van der Waals surface area contributed by atoms with Crippen LogP contribution in [0.5, 0.6) is 0 Å². The van der Waals surface area contributed by atoms with E-state index < -0.39 is 17.9 Å². The molecule has 15 heteroatoms. The van der Waals surface area contributed by atoms with E-state index in [1.54, 1.807) is 32.6 Å². The minimum atomic E-state index is -0.551. The van der Waals surface area contributed by atoms with E-state index in [9.17, 15) is 14.4 Å². The highest BCUT2D eigenvalue weighted by atomic mass is 16.5. The number of nitrogens with zero attached hydrogens (tertiary/aromatic N) is 9. The maximum absolute atomic E-state index is 12.4. The standard InChI is InChI=1S/C39H57N9O6/c1-7-10-13-16-19-28-31(22-46-25-34(40-43-46)37(49)52-4)29(20-17-14-11-8-2)33(24-48-27-36(42-45-48)39(51)54-6)30(21-18-15-12-9-3)32(28)23-47-26-35(41-44-47)38(50)53-5/h25-27H,7-24H2,1-6H3. The second kappa shape index (κ2) is 21.7. The summed E-state index contributed by atoms with van der Waals surface area (Å²) >= 11 is 0. The van der Waals surface area contributed by atoms with E-state index in [2.05, 4.69) is 51.7 Å². The highest BCUT2D eigenvalue weighted by molar-refractivity contribution is 5.87. The van der Waals surface area contributed by atoms with Gasteiger partial charge < -0.3 is 14.2 Å². The summed E-state index contributed by atoms with van der Waals surface area (Å²) in [6.07, 6.45) is 20.3. The Morgan fingerprint density at radius 1 is 0.444 bits per heavy atom. The van der Waals surface area contributed by atoms with Crippen molar-refractivity contribution < 1.29 is 28.6 Å². The molecule has 3 heterocycles. The Morgan fingerprint density at radius 2 is 0.722 bits per heavy atom. The van der Waals surface area contributed by atoms with Gasteiger partial charge in [-0.05, 0) is 71.9 Å².